The van der Waals surface area contributed by atoms with Gasteiger partial charge in [-0.3, -0.25) is 0 Å². The topological polar surface area (TPSA) is 46.5 Å². The van der Waals surface area contributed by atoms with Crippen LogP contribution in [0.2, 0.25) is 0 Å². The van der Waals surface area contributed by atoms with Crippen LogP contribution in [0.5, 0.6) is 0 Å². The van der Waals surface area contributed by atoms with Gasteiger partial charge in [0.05, 0.1) is 6.10 Å². The molecule has 13 heavy (non-hydrogen) atoms. The van der Waals surface area contributed by atoms with Crippen LogP contribution in [0.25, 0.3) is 0 Å². The minimum Gasteiger partial charge on any atom is -0.479 e. The van der Waals surface area contributed by atoms with Gasteiger partial charge in [0.1, 0.15) is 0 Å². The van der Waals surface area contributed by atoms with Crippen molar-refractivity contribution < 1.29 is 14.6 Å². The van der Waals surface area contributed by atoms with E-state index < -0.39 is 12.1 Å². The number of hydrogen-bond donors (Lipinski definition) is 1. The second-order valence-corrected chi connectivity index (χ2v) is 4.01. The van der Waals surface area contributed by atoms with Crippen LogP contribution in [0, 0.1) is 5.92 Å². The number of rotatable bonds is 3. The van der Waals surface area contributed by atoms with Crippen LogP contribution in [0.4, 0.5) is 0 Å². The van der Waals surface area contributed by atoms with E-state index in [-0.39, 0.29) is 6.10 Å². The monoisotopic (exact) mass is 186 g/mol. The molecule has 1 aliphatic carbocycles. The zero-order valence-electron chi connectivity index (χ0n) is 8.32. The highest BCUT2D eigenvalue weighted by molar-refractivity contribution is 5.71. The molecule has 1 fully saturated rings. The maximum atomic E-state index is 10.5. The maximum Gasteiger partial charge on any atom is 0.332 e. The molecule has 1 aliphatic rings. The quantitative estimate of drug-likeness (QED) is 0.733. The van der Waals surface area contributed by atoms with E-state index in [2.05, 4.69) is 6.92 Å². The zero-order chi connectivity index (χ0) is 9.84. The van der Waals surface area contributed by atoms with Crippen molar-refractivity contribution in [1.82, 2.24) is 0 Å². The number of ether oxygens (including phenoxy) is 1. The van der Waals surface area contributed by atoms with E-state index in [1.54, 1.807) is 6.92 Å². The fourth-order valence-corrected chi connectivity index (χ4v) is 1.85. The first-order valence-electron chi connectivity index (χ1n) is 4.98. The lowest BCUT2D eigenvalue weighted by molar-refractivity contribution is -0.154. The molecule has 0 aromatic heterocycles. The van der Waals surface area contributed by atoms with Crippen molar-refractivity contribution in [3.63, 3.8) is 0 Å². The van der Waals surface area contributed by atoms with Crippen LogP contribution in [0.15, 0.2) is 0 Å². The number of carbonyl (C=O) groups is 1. The van der Waals surface area contributed by atoms with Crippen LogP contribution >= 0.6 is 0 Å². The Morgan fingerprint density at radius 2 is 2.23 bits per heavy atom. The Hall–Kier alpha value is -0.570. The maximum absolute atomic E-state index is 10.5. The third-order valence-electron chi connectivity index (χ3n) is 2.63. The molecule has 1 rings (SSSR count). The average Bonchev–Trinajstić information content (AvgIpc) is 2.04. The normalized spacial score (nSPS) is 31.2. The van der Waals surface area contributed by atoms with Gasteiger partial charge in [-0.1, -0.05) is 19.8 Å². The van der Waals surface area contributed by atoms with E-state index in [0.29, 0.717) is 5.92 Å². The second-order valence-electron chi connectivity index (χ2n) is 4.01. The second kappa shape index (κ2) is 4.61. The van der Waals surface area contributed by atoms with Crippen molar-refractivity contribution in [2.24, 2.45) is 5.92 Å². The van der Waals surface area contributed by atoms with Gasteiger partial charge in [0.15, 0.2) is 6.10 Å². The Balaban J connectivity index is 2.31. The minimum atomic E-state index is -0.863. The molecule has 0 spiro atoms. The fourth-order valence-electron chi connectivity index (χ4n) is 1.85. The Morgan fingerprint density at radius 3 is 2.77 bits per heavy atom. The molecular weight excluding hydrogens is 168 g/mol. The van der Waals surface area contributed by atoms with E-state index in [1.807, 2.05) is 0 Å². The minimum absolute atomic E-state index is 0.162. The van der Waals surface area contributed by atoms with Gasteiger partial charge in [-0.15, -0.1) is 0 Å². The van der Waals surface area contributed by atoms with Crippen LogP contribution < -0.4 is 0 Å². The summed E-state index contributed by atoms with van der Waals surface area (Å²) in [4.78, 5) is 10.5. The Bertz CT molecular complexity index is 179. The Kier molecular flexibility index (Phi) is 3.72. The summed E-state index contributed by atoms with van der Waals surface area (Å²) >= 11 is 0. The third-order valence-corrected chi connectivity index (χ3v) is 2.63. The van der Waals surface area contributed by atoms with E-state index in [0.717, 1.165) is 19.3 Å². The Morgan fingerprint density at radius 1 is 1.54 bits per heavy atom. The van der Waals surface area contributed by atoms with E-state index in [9.17, 15) is 4.79 Å². The lowest BCUT2D eigenvalue weighted by Gasteiger charge is -2.28. The molecule has 3 nitrogen and oxygen atoms in total. The fraction of sp³-hybridized carbons (Fsp3) is 0.900. The summed E-state index contributed by atoms with van der Waals surface area (Å²) in [6.07, 6.45) is 3.95. The molecule has 0 aromatic rings. The predicted octanol–water partition coefficient (Wildman–Crippen LogP) is 2.05. The van der Waals surface area contributed by atoms with Crippen LogP contribution in [0.1, 0.15) is 39.5 Å². The number of carboxylic acids is 1. The van der Waals surface area contributed by atoms with Gasteiger partial charge in [0.2, 0.25) is 0 Å². The highest BCUT2D eigenvalue weighted by atomic mass is 16.5. The predicted molar refractivity (Wildman–Crippen MR) is 49.6 cm³/mol. The first-order chi connectivity index (χ1) is 6.09. The van der Waals surface area contributed by atoms with Crippen LogP contribution in [0.3, 0.4) is 0 Å². The largest absolute Gasteiger partial charge is 0.479 e. The van der Waals surface area contributed by atoms with Crippen LogP contribution in [-0.2, 0) is 9.53 Å². The molecule has 0 unspecified atom stereocenters. The summed E-state index contributed by atoms with van der Waals surface area (Å²) in [6, 6.07) is 0. The molecule has 1 saturated carbocycles. The summed E-state index contributed by atoms with van der Waals surface area (Å²) in [6.45, 7) is 3.79. The van der Waals surface area contributed by atoms with Gasteiger partial charge in [0.25, 0.3) is 0 Å². The lowest BCUT2D eigenvalue weighted by Crippen LogP contribution is -2.29. The molecule has 0 aromatic carbocycles. The van der Waals surface area contributed by atoms with E-state index in [4.69, 9.17) is 9.84 Å². The van der Waals surface area contributed by atoms with Crippen LogP contribution in [-0.4, -0.2) is 23.3 Å². The molecule has 3 heteroatoms. The van der Waals surface area contributed by atoms with Gasteiger partial charge in [0, 0.05) is 0 Å². The summed E-state index contributed by atoms with van der Waals surface area (Å²) in [7, 11) is 0. The van der Waals surface area contributed by atoms with Gasteiger partial charge in [-0.25, -0.2) is 4.79 Å². The highest BCUT2D eigenvalue weighted by Crippen LogP contribution is 2.26. The van der Waals surface area contributed by atoms with Crippen molar-refractivity contribution in [2.75, 3.05) is 0 Å². The number of hydrogen-bond acceptors (Lipinski definition) is 2. The van der Waals surface area contributed by atoms with Crippen molar-refractivity contribution in [1.29, 1.82) is 0 Å². The molecule has 3 atom stereocenters. The summed E-state index contributed by atoms with van der Waals surface area (Å²) in [5, 5.41) is 8.65. The highest BCUT2D eigenvalue weighted by Gasteiger charge is 2.23. The molecule has 0 saturated heterocycles. The summed E-state index contributed by atoms with van der Waals surface area (Å²) in [5.74, 6) is -0.182. The molecule has 0 aliphatic heterocycles. The van der Waals surface area contributed by atoms with Crippen molar-refractivity contribution in [3.8, 4) is 0 Å². The molecule has 0 bridgehead atoms. The number of carboxylic acid groups (broad SMARTS) is 1. The van der Waals surface area contributed by atoms with Gasteiger partial charge >= 0.3 is 5.97 Å². The van der Waals surface area contributed by atoms with Crippen molar-refractivity contribution >= 4 is 5.97 Å². The number of aliphatic carboxylic acids is 1. The smallest absolute Gasteiger partial charge is 0.332 e. The van der Waals surface area contributed by atoms with Crippen molar-refractivity contribution in [2.45, 2.75) is 51.7 Å². The van der Waals surface area contributed by atoms with Crippen molar-refractivity contribution in [3.05, 3.63) is 0 Å². The standard InChI is InChI=1S/C10H18O3/c1-7-4-3-5-9(6-7)13-8(2)10(11)12/h7-9H,3-6H2,1-2H3,(H,11,12)/t7-,8+,9+/m1/s1. The summed E-state index contributed by atoms with van der Waals surface area (Å²) in [5.41, 5.74) is 0. The molecule has 76 valence electrons. The molecule has 0 radical (unpaired) electrons. The molecular formula is C10H18O3. The summed E-state index contributed by atoms with van der Waals surface area (Å²) < 4.78 is 5.42. The third kappa shape index (κ3) is 3.35. The van der Waals surface area contributed by atoms with E-state index >= 15 is 0 Å². The van der Waals surface area contributed by atoms with Gasteiger partial charge < -0.3 is 9.84 Å². The first-order valence-corrected chi connectivity index (χ1v) is 4.98. The average molecular weight is 186 g/mol. The lowest BCUT2D eigenvalue weighted by atomic mass is 9.88. The van der Waals surface area contributed by atoms with E-state index in [1.165, 1.54) is 6.42 Å². The SMILES string of the molecule is C[C@@H]1CCC[C@H](O[C@@H](C)C(=O)O)C1. The molecule has 0 heterocycles. The zero-order valence-corrected chi connectivity index (χ0v) is 8.32. The van der Waals surface area contributed by atoms with Gasteiger partial charge in [-0.05, 0) is 25.7 Å². The van der Waals surface area contributed by atoms with Gasteiger partial charge in [-0.2, -0.15) is 0 Å². The molecule has 1 N–H and O–H groups in total. The Labute approximate surface area is 79.1 Å². The molecule has 0 amide bonds. The first kappa shape index (κ1) is 10.5.